The van der Waals surface area contributed by atoms with Crippen molar-refractivity contribution in [2.45, 2.75) is 32.1 Å². The van der Waals surface area contributed by atoms with E-state index in [2.05, 4.69) is 0 Å². The molecule has 104 valence electrons. The van der Waals surface area contributed by atoms with E-state index >= 15 is 0 Å². The standard InChI is InChI=1S/C16H24N2O/c1-17(2)15-10-8-14(9-11-15)16(19)18-12-6-4-3-5-7-13-18/h8-11H,3-7,12-13H2,1-2H3. The van der Waals surface area contributed by atoms with E-state index in [1.807, 2.05) is 48.2 Å². The molecular weight excluding hydrogens is 236 g/mol. The van der Waals surface area contributed by atoms with Crippen molar-refractivity contribution in [3.8, 4) is 0 Å². The van der Waals surface area contributed by atoms with Crippen LogP contribution in [0.1, 0.15) is 42.5 Å². The fourth-order valence-electron chi connectivity index (χ4n) is 2.54. The highest BCUT2D eigenvalue weighted by Crippen LogP contribution is 2.16. The van der Waals surface area contributed by atoms with Crippen LogP contribution >= 0.6 is 0 Å². The molecule has 1 aromatic rings. The van der Waals surface area contributed by atoms with E-state index in [4.69, 9.17) is 0 Å². The number of hydrogen-bond donors (Lipinski definition) is 0. The summed E-state index contributed by atoms with van der Waals surface area (Å²) < 4.78 is 0. The van der Waals surface area contributed by atoms with Gasteiger partial charge in [-0.05, 0) is 37.1 Å². The van der Waals surface area contributed by atoms with E-state index in [0.29, 0.717) is 0 Å². The summed E-state index contributed by atoms with van der Waals surface area (Å²) in [6, 6.07) is 7.90. The molecule has 0 aliphatic carbocycles. The van der Waals surface area contributed by atoms with Crippen molar-refractivity contribution in [3.05, 3.63) is 29.8 Å². The monoisotopic (exact) mass is 260 g/mol. The average Bonchev–Trinajstić information content (AvgIpc) is 2.38. The number of carbonyl (C=O) groups is 1. The molecule has 1 saturated heterocycles. The van der Waals surface area contributed by atoms with Crippen molar-refractivity contribution < 1.29 is 4.79 Å². The lowest BCUT2D eigenvalue weighted by Gasteiger charge is -2.25. The fourth-order valence-corrected chi connectivity index (χ4v) is 2.54. The zero-order valence-electron chi connectivity index (χ0n) is 12.1. The van der Waals surface area contributed by atoms with Crippen molar-refractivity contribution >= 4 is 11.6 Å². The Bertz CT molecular complexity index is 403. The molecule has 0 atom stereocenters. The van der Waals surface area contributed by atoms with Gasteiger partial charge in [-0.2, -0.15) is 0 Å². The van der Waals surface area contributed by atoms with E-state index in [-0.39, 0.29) is 5.91 Å². The molecule has 1 fully saturated rings. The molecule has 2 rings (SSSR count). The molecule has 1 aromatic carbocycles. The predicted octanol–water partition coefficient (Wildman–Crippen LogP) is 3.16. The average molecular weight is 260 g/mol. The molecular formula is C16H24N2O. The SMILES string of the molecule is CN(C)c1ccc(C(=O)N2CCCCCCC2)cc1. The maximum Gasteiger partial charge on any atom is 0.253 e. The maximum absolute atomic E-state index is 12.5. The van der Waals surface area contributed by atoms with Gasteiger partial charge in [-0.3, -0.25) is 4.79 Å². The first kappa shape index (κ1) is 13.9. The Morgan fingerprint density at radius 1 is 0.947 bits per heavy atom. The van der Waals surface area contributed by atoms with E-state index in [9.17, 15) is 4.79 Å². The predicted molar refractivity (Wildman–Crippen MR) is 79.8 cm³/mol. The first-order chi connectivity index (χ1) is 9.18. The second kappa shape index (κ2) is 6.60. The summed E-state index contributed by atoms with van der Waals surface area (Å²) in [5.41, 5.74) is 1.94. The van der Waals surface area contributed by atoms with Crippen LogP contribution in [0.4, 0.5) is 5.69 Å². The zero-order chi connectivity index (χ0) is 13.7. The van der Waals surface area contributed by atoms with Gasteiger partial charge in [0.2, 0.25) is 0 Å². The molecule has 0 spiro atoms. The van der Waals surface area contributed by atoms with Crippen molar-refractivity contribution in [2.24, 2.45) is 0 Å². The van der Waals surface area contributed by atoms with Gasteiger partial charge in [-0.25, -0.2) is 0 Å². The minimum atomic E-state index is 0.187. The first-order valence-electron chi connectivity index (χ1n) is 7.25. The number of anilines is 1. The third-order valence-electron chi connectivity index (χ3n) is 3.77. The third-order valence-corrected chi connectivity index (χ3v) is 3.77. The molecule has 0 N–H and O–H groups in total. The molecule has 3 heteroatoms. The van der Waals surface area contributed by atoms with Gasteiger partial charge in [-0.15, -0.1) is 0 Å². The van der Waals surface area contributed by atoms with E-state index in [1.54, 1.807) is 0 Å². The lowest BCUT2D eigenvalue weighted by Crippen LogP contribution is -2.33. The Morgan fingerprint density at radius 3 is 2.00 bits per heavy atom. The van der Waals surface area contributed by atoms with Crippen LogP contribution in [-0.4, -0.2) is 38.0 Å². The molecule has 1 aliphatic heterocycles. The Labute approximate surface area is 116 Å². The van der Waals surface area contributed by atoms with Gasteiger partial charge in [0, 0.05) is 38.4 Å². The maximum atomic E-state index is 12.5. The number of nitrogens with zero attached hydrogens (tertiary/aromatic N) is 2. The first-order valence-corrected chi connectivity index (χ1v) is 7.25. The summed E-state index contributed by atoms with van der Waals surface area (Å²) in [6.07, 6.45) is 6.11. The molecule has 0 bridgehead atoms. The summed E-state index contributed by atoms with van der Waals surface area (Å²) in [6.45, 7) is 1.82. The molecule has 1 heterocycles. The van der Waals surface area contributed by atoms with Gasteiger partial charge < -0.3 is 9.80 Å². The van der Waals surface area contributed by atoms with Crippen LogP contribution in [0.15, 0.2) is 24.3 Å². The van der Waals surface area contributed by atoms with E-state index < -0.39 is 0 Å². The minimum absolute atomic E-state index is 0.187. The summed E-state index contributed by atoms with van der Waals surface area (Å²) in [7, 11) is 4.02. The van der Waals surface area contributed by atoms with Crippen LogP contribution in [0.2, 0.25) is 0 Å². The lowest BCUT2D eigenvalue weighted by atomic mass is 10.1. The number of carbonyl (C=O) groups excluding carboxylic acids is 1. The van der Waals surface area contributed by atoms with Crippen LogP contribution < -0.4 is 4.90 Å². The van der Waals surface area contributed by atoms with Crippen molar-refractivity contribution in [2.75, 3.05) is 32.1 Å². The Balaban J connectivity index is 2.04. The summed E-state index contributed by atoms with van der Waals surface area (Å²) in [5, 5.41) is 0. The molecule has 0 radical (unpaired) electrons. The summed E-state index contributed by atoms with van der Waals surface area (Å²) in [5.74, 6) is 0.187. The van der Waals surface area contributed by atoms with Crippen LogP contribution in [0, 0.1) is 0 Å². The number of hydrogen-bond acceptors (Lipinski definition) is 2. The molecule has 0 saturated carbocycles. The second-order valence-corrected chi connectivity index (χ2v) is 5.50. The largest absolute Gasteiger partial charge is 0.378 e. The van der Waals surface area contributed by atoms with Crippen LogP contribution in [-0.2, 0) is 0 Å². The quantitative estimate of drug-likeness (QED) is 0.815. The van der Waals surface area contributed by atoms with Crippen LogP contribution in [0.5, 0.6) is 0 Å². The van der Waals surface area contributed by atoms with Crippen LogP contribution in [0.25, 0.3) is 0 Å². The van der Waals surface area contributed by atoms with Gasteiger partial charge in [0.15, 0.2) is 0 Å². The minimum Gasteiger partial charge on any atom is -0.378 e. The fraction of sp³-hybridized carbons (Fsp3) is 0.562. The topological polar surface area (TPSA) is 23.6 Å². The molecule has 0 aromatic heterocycles. The number of amides is 1. The Morgan fingerprint density at radius 2 is 1.47 bits per heavy atom. The molecule has 0 unspecified atom stereocenters. The summed E-state index contributed by atoms with van der Waals surface area (Å²) in [4.78, 5) is 16.5. The van der Waals surface area contributed by atoms with Gasteiger partial charge in [0.1, 0.15) is 0 Å². The third kappa shape index (κ3) is 3.72. The summed E-state index contributed by atoms with van der Waals surface area (Å²) >= 11 is 0. The Hall–Kier alpha value is -1.51. The van der Waals surface area contributed by atoms with Crippen molar-refractivity contribution in [3.63, 3.8) is 0 Å². The highest BCUT2D eigenvalue weighted by molar-refractivity contribution is 5.94. The number of benzene rings is 1. The second-order valence-electron chi connectivity index (χ2n) is 5.50. The number of likely N-dealkylation sites (tertiary alicyclic amines) is 1. The van der Waals surface area contributed by atoms with Gasteiger partial charge in [-0.1, -0.05) is 19.3 Å². The molecule has 1 aliphatic rings. The lowest BCUT2D eigenvalue weighted by molar-refractivity contribution is 0.0742. The smallest absolute Gasteiger partial charge is 0.253 e. The van der Waals surface area contributed by atoms with Crippen molar-refractivity contribution in [1.82, 2.24) is 4.90 Å². The highest BCUT2D eigenvalue weighted by atomic mass is 16.2. The van der Waals surface area contributed by atoms with Gasteiger partial charge >= 0.3 is 0 Å². The highest BCUT2D eigenvalue weighted by Gasteiger charge is 2.16. The normalized spacial score (nSPS) is 16.6. The van der Waals surface area contributed by atoms with Gasteiger partial charge in [0.25, 0.3) is 5.91 Å². The number of rotatable bonds is 2. The van der Waals surface area contributed by atoms with Crippen molar-refractivity contribution in [1.29, 1.82) is 0 Å². The Kier molecular flexibility index (Phi) is 4.83. The molecule has 3 nitrogen and oxygen atoms in total. The zero-order valence-corrected chi connectivity index (χ0v) is 12.1. The molecule has 19 heavy (non-hydrogen) atoms. The van der Waals surface area contributed by atoms with E-state index in [0.717, 1.165) is 37.2 Å². The van der Waals surface area contributed by atoms with Crippen LogP contribution in [0.3, 0.4) is 0 Å². The molecule has 1 amide bonds. The van der Waals surface area contributed by atoms with Gasteiger partial charge in [0.05, 0.1) is 0 Å². The van der Waals surface area contributed by atoms with E-state index in [1.165, 1.54) is 19.3 Å².